The number of esters is 1. The molecule has 2 atom stereocenters. The van der Waals surface area contributed by atoms with Crippen molar-refractivity contribution in [3.8, 4) is 0 Å². The van der Waals surface area contributed by atoms with Crippen molar-refractivity contribution in [1.29, 1.82) is 0 Å². The van der Waals surface area contributed by atoms with E-state index in [0.29, 0.717) is 12.1 Å². The second kappa shape index (κ2) is 6.96. The van der Waals surface area contributed by atoms with Crippen LogP contribution in [-0.2, 0) is 31.1 Å². The fourth-order valence-electron chi connectivity index (χ4n) is 1.33. The van der Waals surface area contributed by atoms with Crippen LogP contribution in [0, 0.1) is 10.1 Å². The molecular weight excluding hydrogens is 351 g/mol. The molecule has 0 N–H and O–H groups in total. The first kappa shape index (κ1) is 18.2. The maximum absolute atomic E-state index is 12.4. The average molecular weight is 359 g/mol. The zero-order valence-electron chi connectivity index (χ0n) is 10.8. The zero-order valence-corrected chi connectivity index (χ0v) is 12.4. The van der Waals surface area contributed by atoms with Crippen molar-refractivity contribution in [3.05, 3.63) is 28.3 Å². The smallest absolute Gasteiger partial charge is 0.468 e. The summed E-state index contributed by atoms with van der Waals surface area (Å²) in [6, 6.07) is 1.91. The number of halogens is 3. The van der Waals surface area contributed by atoms with E-state index in [0.717, 1.165) is 13.2 Å². The van der Waals surface area contributed by atoms with Crippen molar-refractivity contribution in [2.75, 3.05) is 12.9 Å². The molecule has 12 heteroatoms. The van der Waals surface area contributed by atoms with Crippen molar-refractivity contribution in [3.63, 3.8) is 0 Å². The number of hydrogen-bond acceptors (Lipinski definition) is 6. The summed E-state index contributed by atoms with van der Waals surface area (Å²) in [5.41, 5.74) is -6.00. The minimum atomic E-state index is -5.08. The van der Waals surface area contributed by atoms with Crippen LogP contribution in [-0.4, -0.2) is 37.7 Å². The first-order chi connectivity index (χ1) is 10.1. The van der Waals surface area contributed by atoms with E-state index in [1.165, 1.54) is 0 Å². The Bertz CT molecular complexity index is 661. The molecule has 1 aromatic carbocycles. The predicted molar refractivity (Wildman–Crippen MR) is 68.9 cm³/mol. The minimum absolute atomic E-state index is 0.425. The van der Waals surface area contributed by atoms with E-state index in [9.17, 15) is 36.5 Å². The highest BCUT2D eigenvalue weighted by molar-refractivity contribution is 7.86. The number of benzene rings is 1. The molecule has 7 nitrogen and oxygen atoms in total. The van der Waals surface area contributed by atoms with Gasteiger partial charge in [-0.25, -0.2) is 4.21 Å². The van der Waals surface area contributed by atoms with Crippen LogP contribution in [0.15, 0.2) is 28.0 Å². The summed E-state index contributed by atoms with van der Waals surface area (Å²) in [6.45, 7) is 0. The molecule has 0 aliphatic rings. The Morgan fingerprint density at radius 2 is 1.95 bits per heavy atom. The monoisotopic (exact) mass is 359 g/mol. The van der Waals surface area contributed by atoms with Crippen molar-refractivity contribution < 1.29 is 36.0 Å². The van der Waals surface area contributed by atoms with Crippen LogP contribution in [0.25, 0.3) is 0 Å². The summed E-state index contributed by atoms with van der Waals surface area (Å²) >= 11 is 0. The van der Waals surface area contributed by atoms with Crippen LogP contribution < -0.4 is 0 Å². The average Bonchev–Trinajstić information content (AvgIpc) is 2.44. The molecular formula is C10H8F3NO6S2. The van der Waals surface area contributed by atoms with Gasteiger partial charge in [-0.1, -0.05) is 0 Å². The summed E-state index contributed by atoms with van der Waals surface area (Å²) in [4.78, 5) is 19.5. The Morgan fingerprint density at radius 3 is 2.41 bits per heavy atom. The predicted octanol–water partition coefficient (Wildman–Crippen LogP) is 1.50. The molecule has 0 unspecified atom stereocenters. The van der Waals surface area contributed by atoms with E-state index in [2.05, 4.69) is 4.74 Å². The van der Waals surface area contributed by atoms with E-state index in [4.69, 9.17) is 0 Å². The van der Waals surface area contributed by atoms with Gasteiger partial charge in [0.1, 0.15) is 10.6 Å². The number of nitrogens with zero attached hydrogens (tertiary/aromatic N) is 1. The van der Waals surface area contributed by atoms with Gasteiger partial charge in [-0.3, -0.25) is 19.1 Å². The molecule has 22 heavy (non-hydrogen) atoms. The van der Waals surface area contributed by atoms with Crippen molar-refractivity contribution >= 4 is 33.3 Å². The first-order valence-electron chi connectivity index (χ1n) is 5.30. The largest absolute Gasteiger partial charge is 0.475 e. The molecule has 0 aromatic heterocycles. The van der Waals surface area contributed by atoms with E-state index in [-0.39, 0.29) is 0 Å². The molecule has 0 fully saturated rings. The summed E-state index contributed by atoms with van der Waals surface area (Å²) in [6.07, 6.45) is 0. The van der Waals surface area contributed by atoms with Crippen molar-refractivity contribution in [2.45, 2.75) is 15.3 Å². The lowest BCUT2D eigenvalue weighted by molar-refractivity contribution is -0.388. The molecule has 0 heterocycles. The third kappa shape index (κ3) is 4.34. The highest BCUT2D eigenvalue weighted by Gasteiger charge is 2.39. The molecule has 0 aliphatic heterocycles. The Balaban J connectivity index is 3.27. The number of alkyl halides is 3. The first-order valence-corrected chi connectivity index (χ1v) is 7.77. The quantitative estimate of drug-likeness (QED) is 0.448. The normalized spacial score (nSPS) is 14.2. The Morgan fingerprint density at radius 1 is 1.36 bits per heavy atom. The number of carbonyl (C=O) groups is 1. The fraction of sp³-hybridized carbons (Fsp3) is 0.300. The molecule has 0 saturated carbocycles. The van der Waals surface area contributed by atoms with E-state index in [1.807, 2.05) is 0 Å². The van der Waals surface area contributed by atoms with Gasteiger partial charge in [0, 0.05) is 6.07 Å². The summed E-state index contributed by atoms with van der Waals surface area (Å²) in [5.74, 6) is -1.60. The van der Waals surface area contributed by atoms with Gasteiger partial charge < -0.3 is 4.74 Å². The molecule has 0 amide bonds. The topological polar surface area (TPSA) is 104 Å². The fourth-order valence-corrected chi connectivity index (χ4v) is 3.08. The molecule has 0 radical (unpaired) electrons. The Labute approximate surface area is 126 Å². The number of nitro groups is 1. The van der Waals surface area contributed by atoms with Gasteiger partial charge in [0.05, 0.1) is 27.7 Å². The van der Waals surface area contributed by atoms with Crippen LogP contribution in [0.4, 0.5) is 18.9 Å². The van der Waals surface area contributed by atoms with E-state index in [1.54, 1.807) is 0 Å². The van der Waals surface area contributed by atoms with Crippen LogP contribution in [0.3, 0.4) is 0 Å². The summed E-state index contributed by atoms with van der Waals surface area (Å²) < 4.78 is 64.3. The summed E-state index contributed by atoms with van der Waals surface area (Å²) in [5, 5.41) is 10.9. The minimum Gasteiger partial charge on any atom is -0.468 e. The maximum atomic E-state index is 12.4. The van der Waals surface area contributed by atoms with Crippen LogP contribution >= 0.6 is 0 Å². The Hall–Kier alpha value is -1.82. The molecule has 1 rings (SSSR count). The van der Waals surface area contributed by atoms with Gasteiger partial charge in [0.25, 0.3) is 5.69 Å². The molecule has 122 valence electrons. The Kier molecular flexibility index (Phi) is 5.77. The van der Waals surface area contributed by atoms with E-state index >= 15 is 0 Å². The third-order valence-electron chi connectivity index (χ3n) is 2.27. The lowest BCUT2D eigenvalue weighted by Crippen LogP contribution is -2.17. The van der Waals surface area contributed by atoms with Crippen molar-refractivity contribution in [1.82, 2.24) is 0 Å². The second-order valence-corrected chi connectivity index (χ2v) is 6.56. The standard InChI is InChI=1S/C10H8F3NO6S2/c1-20-9(15)5-21(18)8-3-2-6(4-7(8)14(16)17)22(19)10(11,12)13/h2-4H,5H2,1H3/t21-,22-/m1/s1. The van der Waals surface area contributed by atoms with Gasteiger partial charge in [-0.05, 0) is 12.1 Å². The third-order valence-corrected chi connectivity index (χ3v) is 4.71. The maximum Gasteiger partial charge on any atom is 0.475 e. The van der Waals surface area contributed by atoms with Crippen LogP contribution in [0.2, 0.25) is 0 Å². The highest BCUT2D eigenvalue weighted by atomic mass is 32.2. The van der Waals surface area contributed by atoms with Gasteiger partial charge in [0.2, 0.25) is 0 Å². The molecule has 1 aromatic rings. The highest BCUT2D eigenvalue weighted by Crippen LogP contribution is 2.31. The SMILES string of the molecule is COC(=O)C[S@@](=O)c1ccc([S@@](=O)C(F)(F)F)cc1[N+](=O)[O-]. The van der Waals surface area contributed by atoms with Gasteiger partial charge in [-0.15, -0.1) is 0 Å². The number of carbonyl (C=O) groups excluding carboxylic acids is 1. The zero-order chi connectivity index (χ0) is 17.1. The van der Waals surface area contributed by atoms with Crippen molar-refractivity contribution in [2.24, 2.45) is 0 Å². The number of rotatable bonds is 5. The van der Waals surface area contributed by atoms with Gasteiger partial charge in [-0.2, -0.15) is 13.2 Å². The van der Waals surface area contributed by atoms with Gasteiger partial charge in [0.15, 0.2) is 10.8 Å². The number of nitro benzene ring substituents is 1. The lowest BCUT2D eigenvalue weighted by atomic mass is 10.3. The van der Waals surface area contributed by atoms with E-state index < -0.39 is 59.2 Å². The molecule has 0 bridgehead atoms. The van der Waals surface area contributed by atoms with Crippen LogP contribution in [0.5, 0.6) is 0 Å². The number of ether oxygens (including phenoxy) is 1. The lowest BCUT2D eigenvalue weighted by Gasteiger charge is -2.08. The number of methoxy groups -OCH3 is 1. The van der Waals surface area contributed by atoms with Crippen LogP contribution in [0.1, 0.15) is 0 Å². The summed E-state index contributed by atoms with van der Waals surface area (Å²) in [7, 11) is -4.62. The molecule has 0 spiro atoms. The molecule has 0 aliphatic carbocycles. The second-order valence-electron chi connectivity index (χ2n) is 3.67. The molecule has 0 saturated heterocycles. The number of hydrogen-bond donors (Lipinski definition) is 0. The van der Waals surface area contributed by atoms with Gasteiger partial charge >= 0.3 is 11.5 Å².